The molecule has 2 aliphatic carbocycles. The van der Waals surface area contributed by atoms with Crippen LogP contribution in [0.15, 0.2) is 24.3 Å². The van der Waals surface area contributed by atoms with Gasteiger partial charge in [-0.3, -0.25) is 0 Å². The van der Waals surface area contributed by atoms with Gasteiger partial charge in [0.1, 0.15) is 30.5 Å². The Kier molecular flexibility index (Phi) is 4.29. The topological polar surface area (TPSA) is 112 Å². The molecular weight excluding hydrogens is 402 g/mol. The highest BCUT2D eigenvalue weighted by Crippen LogP contribution is 2.62. The molecule has 1 aromatic carbocycles. The third-order valence-corrected chi connectivity index (χ3v) is 8.23. The van der Waals surface area contributed by atoms with Gasteiger partial charge in [-0.15, -0.1) is 0 Å². The van der Waals surface area contributed by atoms with Crippen molar-refractivity contribution in [2.24, 2.45) is 5.92 Å². The summed E-state index contributed by atoms with van der Waals surface area (Å²) in [6.07, 6.45) is -0.668. The van der Waals surface area contributed by atoms with Crippen LogP contribution >= 0.6 is 0 Å². The fraction of sp³-hybridized carbons (Fsp3) is 0.652. The fourth-order valence-electron chi connectivity index (χ4n) is 6.62. The normalized spacial score (nSPS) is 47.7. The smallest absolute Gasteiger partial charge is 0.187 e. The van der Waals surface area contributed by atoms with Crippen molar-refractivity contribution in [3.8, 4) is 11.5 Å². The Morgan fingerprint density at radius 1 is 1.13 bits per heavy atom. The molecule has 0 saturated carbocycles. The molecule has 168 valence electrons. The molecule has 3 aliphatic heterocycles. The van der Waals surface area contributed by atoms with Crippen LogP contribution in [-0.4, -0.2) is 87.9 Å². The second kappa shape index (κ2) is 6.66. The Labute approximate surface area is 180 Å². The molecule has 6 rings (SSSR count). The van der Waals surface area contributed by atoms with Gasteiger partial charge in [-0.05, 0) is 45.0 Å². The third kappa shape index (κ3) is 2.52. The number of hydrogen-bond acceptors (Lipinski definition) is 8. The minimum absolute atomic E-state index is 0.138. The molecule has 31 heavy (non-hydrogen) atoms. The largest absolute Gasteiger partial charge is 0.504 e. The second-order valence-electron chi connectivity index (χ2n) is 9.72. The lowest BCUT2D eigenvalue weighted by Gasteiger charge is -2.57. The van der Waals surface area contributed by atoms with Crippen molar-refractivity contribution < 1.29 is 34.6 Å². The van der Waals surface area contributed by atoms with Gasteiger partial charge in [-0.1, -0.05) is 18.2 Å². The van der Waals surface area contributed by atoms with Crippen LogP contribution in [0.1, 0.15) is 24.5 Å². The van der Waals surface area contributed by atoms with E-state index >= 15 is 0 Å². The molecule has 5 aliphatic rings. The van der Waals surface area contributed by atoms with Gasteiger partial charge in [0.2, 0.25) is 0 Å². The number of aromatic hydroxyl groups is 1. The molecule has 1 aromatic rings. The SMILES string of the molecule is C[C@H]1OC(O[C@H]2C=C[C@H]3[C@H]4Cc5ccc(O)c6c5[C@@]3(CCN4C)[C@H]2O6)[C@H](O)[C@@H](O)[C@@H]1O. The quantitative estimate of drug-likeness (QED) is 0.486. The van der Waals surface area contributed by atoms with Crippen molar-refractivity contribution in [3.05, 3.63) is 35.4 Å². The zero-order valence-corrected chi connectivity index (χ0v) is 17.6. The minimum atomic E-state index is -1.38. The van der Waals surface area contributed by atoms with Gasteiger partial charge in [0.25, 0.3) is 0 Å². The average Bonchev–Trinajstić information content (AvgIpc) is 3.11. The number of phenols is 1. The van der Waals surface area contributed by atoms with Crippen molar-refractivity contribution in [2.45, 2.75) is 74.1 Å². The van der Waals surface area contributed by atoms with Crippen molar-refractivity contribution in [2.75, 3.05) is 13.6 Å². The number of aliphatic hydroxyl groups excluding tert-OH is 3. The summed E-state index contributed by atoms with van der Waals surface area (Å²) in [6, 6.07) is 4.05. The summed E-state index contributed by atoms with van der Waals surface area (Å²) in [6.45, 7) is 2.55. The maximum Gasteiger partial charge on any atom is 0.187 e. The molecule has 1 spiro atoms. The first kappa shape index (κ1) is 20.0. The molecule has 3 heterocycles. The molecule has 0 radical (unpaired) electrons. The van der Waals surface area contributed by atoms with Crippen LogP contribution in [0.4, 0.5) is 0 Å². The standard InChI is InChI=1S/C23H29NO7/c1-10-17(26)18(27)19(28)22(29-10)30-15-6-4-12-13-9-11-3-5-14(25)20-16(11)23(12,21(15)31-20)7-8-24(13)2/h3-6,10,12-13,15,17-19,21-22,25-28H,7-9H2,1-2H3/t10-,12+,13-,15+,17-,18+,19-,21+,22?,23+/m1/s1. The highest BCUT2D eigenvalue weighted by Gasteiger charge is 2.65. The summed E-state index contributed by atoms with van der Waals surface area (Å²) < 4.78 is 18.3. The lowest BCUT2D eigenvalue weighted by Crippen LogP contribution is -2.66. The number of rotatable bonds is 2. The maximum atomic E-state index is 10.6. The van der Waals surface area contributed by atoms with Crippen LogP contribution < -0.4 is 4.74 Å². The molecular formula is C23H29NO7. The maximum absolute atomic E-state index is 10.6. The van der Waals surface area contributed by atoms with E-state index in [-0.39, 0.29) is 23.2 Å². The number of phenolic OH excluding ortho intramolecular Hbond substituents is 1. The summed E-state index contributed by atoms with van der Waals surface area (Å²) in [5, 5.41) is 41.2. The number of aliphatic hydroxyl groups is 3. The summed E-state index contributed by atoms with van der Waals surface area (Å²) in [4.78, 5) is 2.40. The van der Waals surface area contributed by atoms with E-state index in [2.05, 4.69) is 18.0 Å². The van der Waals surface area contributed by atoms with Crippen LogP contribution in [0.25, 0.3) is 0 Å². The highest BCUT2D eigenvalue weighted by atomic mass is 16.7. The van der Waals surface area contributed by atoms with Crippen LogP contribution in [0.2, 0.25) is 0 Å². The molecule has 2 saturated heterocycles. The molecule has 1 unspecified atom stereocenters. The van der Waals surface area contributed by atoms with E-state index in [0.29, 0.717) is 11.8 Å². The van der Waals surface area contributed by atoms with Gasteiger partial charge in [-0.25, -0.2) is 0 Å². The van der Waals surface area contributed by atoms with Crippen molar-refractivity contribution >= 4 is 0 Å². The molecule has 8 nitrogen and oxygen atoms in total. The Balaban J connectivity index is 1.40. The molecule has 2 bridgehead atoms. The van der Waals surface area contributed by atoms with E-state index in [4.69, 9.17) is 14.2 Å². The zero-order chi connectivity index (χ0) is 21.7. The number of likely N-dealkylation sites (tertiary alicyclic amines) is 1. The van der Waals surface area contributed by atoms with E-state index in [0.717, 1.165) is 24.9 Å². The molecule has 8 heteroatoms. The van der Waals surface area contributed by atoms with Gasteiger partial charge in [0.05, 0.1) is 6.10 Å². The van der Waals surface area contributed by atoms with Gasteiger partial charge in [-0.2, -0.15) is 0 Å². The highest BCUT2D eigenvalue weighted by molar-refractivity contribution is 5.61. The molecule has 10 atom stereocenters. The lowest BCUT2D eigenvalue weighted by molar-refractivity contribution is -0.307. The van der Waals surface area contributed by atoms with Crippen LogP contribution in [0.3, 0.4) is 0 Å². The molecule has 4 N–H and O–H groups in total. The predicted molar refractivity (Wildman–Crippen MR) is 109 cm³/mol. The number of piperidine rings is 1. The van der Waals surface area contributed by atoms with Crippen LogP contribution in [0.5, 0.6) is 11.5 Å². The van der Waals surface area contributed by atoms with Crippen molar-refractivity contribution in [1.82, 2.24) is 4.90 Å². The number of benzene rings is 1. The summed E-state index contributed by atoms with van der Waals surface area (Å²) >= 11 is 0. The number of hydrogen-bond donors (Lipinski definition) is 4. The van der Waals surface area contributed by atoms with Gasteiger partial charge < -0.3 is 39.5 Å². The Morgan fingerprint density at radius 2 is 1.94 bits per heavy atom. The predicted octanol–water partition coefficient (Wildman–Crippen LogP) is 0.0499. The van der Waals surface area contributed by atoms with Crippen molar-refractivity contribution in [1.29, 1.82) is 0 Å². The molecule has 2 fully saturated rings. The van der Waals surface area contributed by atoms with Gasteiger partial charge >= 0.3 is 0 Å². The number of nitrogens with zero attached hydrogens (tertiary/aromatic N) is 1. The summed E-state index contributed by atoms with van der Waals surface area (Å²) in [5.74, 6) is 0.912. The number of likely N-dealkylation sites (N-methyl/N-ethyl adjacent to an activating group) is 1. The van der Waals surface area contributed by atoms with Crippen molar-refractivity contribution in [3.63, 3.8) is 0 Å². The Bertz CT molecular complexity index is 937. The first-order valence-electron chi connectivity index (χ1n) is 11.1. The fourth-order valence-corrected chi connectivity index (χ4v) is 6.62. The second-order valence-corrected chi connectivity index (χ2v) is 9.72. The van der Waals surface area contributed by atoms with E-state index in [1.165, 1.54) is 5.56 Å². The summed E-state index contributed by atoms with van der Waals surface area (Å²) in [7, 11) is 2.16. The van der Waals surface area contributed by atoms with Gasteiger partial charge in [0, 0.05) is 22.9 Å². The van der Waals surface area contributed by atoms with E-state index in [1.54, 1.807) is 13.0 Å². The van der Waals surface area contributed by atoms with Gasteiger partial charge in [0.15, 0.2) is 17.8 Å². The Morgan fingerprint density at radius 3 is 2.74 bits per heavy atom. The van der Waals surface area contributed by atoms with E-state index < -0.39 is 36.8 Å². The minimum Gasteiger partial charge on any atom is -0.504 e. The monoisotopic (exact) mass is 431 g/mol. The van der Waals surface area contributed by atoms with E-state index in [9.17, 15) is 20.4 Å². The first-order valence-corrected chi connectivity index (χ1v) is 11.1. The summed E-state index contributed by atoms with van der Waals surface area (Å²) in [5.41, 5.74) is 1.98. The Hall–Kier alpha value is -1.68. The number of ether oxygens (including phenoxy) is 3. The van der Waals surface area contributed by atoms with Crippen LogP contribution in [0, 0.1) is 5.92 Å². The molecule has 0 amide bonds. The van der Waals surface area contributed by atoms with Crippen LogP contribution in [-0.2, 0) is 21.3 Å². The molecule has 0 aromatic heterocycles. The van der Waals surface area contributed by atoms with E-state index in [1.807, 2.05) is 12.1 Å². The first-order chi connectivity index (χ1) is 14.8. The third-order valence-electron chi connectivity index (χ3n) is 8.23. The zero-order valence-electron chi connectivity index (χ0n) is 17.6. The lowest BCUT2D eigenvalue weighted by atomic mass is 9.53. The average molecular weight is 431 g/mol.